The zero-order chi connectivity index (χ0) is 11.0. The summed E-state index contributed by atoms with van der Waals surface area (Å²) in [6.07, 6.45) is 2.24. The fourth-order valence-corrected chi connectivity index (χ4v) is 3.44. The van der Waals surface area contributed by atoms with Crippen LogP contribution in [0.15, 0.2) is 0 Å². The first-order valence-electron chi connectivity index (χ1n) is 5.80. The highest BCUT2D eigenvalue weighted by Gasteiger charge is 2.51. The van der Waals surface area contributed by atoms with Crippen LogP contribution in [0.5, 0.6) is 0 Å². The van der Waals surface area contributed by atoms with E-state index in [9.17, 15) is 4.79 Å². The van der Waals surface area contributed by atoms with Crippen LogP contribution in [0.3, 0.4) is 0 Å². The largest absolute Gasteiger partial charge is 0.438 e. The molecule has 0 spiro atoms. The molecule has 0 radical (unpaired) electrons. The lowest BCUT2D eigenvalue weighted by Gasteiger charge is -2.30. The second-order valence-corrected chi connectivity index (χ2v) is 5.09. The summed E-state index contributed by atoms with van der Waals surface area (Å²) in [5, 5.41) is 0. The molecule has 3 nitrogen and oxygen atoms in total. The molecule has 0 N–H and O–H groups in total. The third-order valence-electron chi connectivity index (χ3n) is 4.52. The van der Waals surface area contributed by atoms with Crippen molar-refractivity contribution < 1.29 is 14.3 Å². The van der Waals surface area contributed by atoms with E-state index in [1.54, 1.807) is 7.11 Å². The first-order chi connectivity index (χ1) is 7.15. The van der Waals surface area contributed by atoms with Crippen molar-refractivity contribution in [1.29, 1.82) is 0 Å². The quantitative estimate of drug-likeness (QED) is 0.530. The number of carbonyl (C=O) groups is 1. The van der Waals surface area contributed by atoms with Crippen LogP contribution in [0, 0.1) is 29.6 Å². The van der Waals surface area contributed by atoms with Gasteiger partial charge in [0.15, 0.2) is 6.79 Å². The van der Waals surface area contributed by atoms with E-state index in [2.05, 4.69) is 13.8 Å². The highest BCUT2D eigenvalue weighted by Crippen LogP contribution is 2.55. The lowest BCUT2D eigenvalue weighted by molar-refractivity contribution is -0.162. The Morgan fingerprint density at radius 2 is 2.00 bits per heavy atom. The van der Waals surface area contributed by atoms with Gasteiger partial charge in [0, 0.05) is 7.11 Å². The van der Waals surface area contributed by atoms with E-state index in [0.29, 0.717) is 11.8 Å². The minimum atomic E-state index is -0.0527. The van der Waals surface area contributed by atoms with E-state index in [1.165, 1.54) is 6.42 Å². The zero-order valence-corrected chi connectivity index (χ0v) is 9.73. The second-order valence-electron chi connectivity index (χ2n) is 5.09. The Morgan fingerprint density at radius 1 is 1.27 bits per heavy atom. The number of methoxy groups -OCH3 is 1. The van der Waals surface area contributed by atoms with Crippen molar-refractivity contribution in [2.75, 3.05) is 13.9 Å². The molecule has 0 aromatic carbocycles. The van der Waals surface area contributed by atoms with Gasteiger partial charge in [-0.25, -0.2) is 0 Å². The summed E-state index contributed by atoms with van der Waals surface area (Å²) in [7, 11) is 1.54. The van der Waals surface area contributed by atoms with Crippen LogP contribution in [0.4, 0.5) is 0 Å². The SMILES string of the molecule is COCOC(=O)C1CC2CC1C(C)C2C. The third kappa shape index (κ3) is 1.78. The van der Waals surface area contributed by atoms with Crippen molar-refractivity contribution in [1.82, 2.24) is 0 Å². The van der Waals surface area contributed by atoms with Crippen LogP contribution in [0.25, 0.3) is 0 Å². The van der Waals surface area contributed by atoms with Crippen molar-refractivity contribution in [2.24, 2.45) is 29.6 Å². The van der Waals surface area contributed by atoms with Crippen molar-refractivity contribution in [2.45, 2.75) is 26.7 Å². The van der Waals surface area contributed by atoms with Crippen LogP contribution in [-0.4, -0.2) is 19.9 Å². The monoisotopic (exact) mass is 212 g/mol. The lowest BCUT2D eigenvalue weighted by Crippen LogP contribution is -2.31. The molecular weight excluding hydrogens is 192 g/mol. The molecule has 2 aliphatic carbocycles. The molecular formula is C12H20O3. The normalized spacial score (nSPS) is 43.3. The summed E-state index contributed by atoms with van der Waals surface area (Å²) in [5.41, 5.74) is 0. The van der Waals surface area contributed by atoms with E-state index in [-0.39, 0.29) is 18.7 Å². The van der Waals surface area contributed by atoms with Gasteiger partial charge in [-0.3, -0.25) is 4.79 Å². The summed E-state index contributed by atoms with van der Waals surface area (Å²) in [6.45, 7) is 4.67. The van der Waals surface area contributed by atoms with Gasteiger partial charge >= 0.3 is 5.97 Å². The Hall–Kier alpha value is -0.570. The number of hydrogen-bond acceptors (Lipinski definition) is 3. The molecule has 2 rings (SSSR count). The number of esters is 1. The third-order valence-corrected chi connectivity index (χ3v) is 4.52. The fourth-order valence-electron chi connectivity index (χ4n) is 3.44. The number of carbonyl (C=O) groups excluding carboxylic acids is 1. The topological polar surface area (TPSA) is 35.5 Å². The van der Waals surface area contributed by atoms with Crippen LogP contribution < -0.4 is 0 Å². The maximum absolute atomic E-state index is 11.7. The maximum Gasteiger partial charge on any atom is 0.311 e. The van der Waals surface area contributed by atoms with Gasteiger partial charge in [-0.05, 0) is 36.5 Å². The fraction of sp³-hybridized carbons (Fsp3) is 0.917. The zero-order valence-electron chi connectivity index (χ0n) is 9.73. The Labute approximate surface area is 91.1 Å². The molecule has 15 heavy (non-hydrogen) atoms. The second kappa shape index (κ2) is 4.12. The first kappa shape index (κ1) is 10.9. The summed E-state index contributed by atoms with van der Waals surface area (Å²) < 4.78 is 9.81. The van der Waals surface area contributed by atoms with Gasteiger partial charge in [0.25, 0.3) is 0 Å². The number of hydrogen-bond donors (Lipinski definition) is 0. The summed E-state index contributed by atoms with van der Waals surface area (Å²) >= 11 is 0. The Morgan fingerprint density at radius 3 is 2.53 bits per heavy atom. The molecule has 0 amide bonds. The van der Waals surface area contributed by atoms with Gasteiger partial charge in [-0.1, -0.05) is 13.8 Å². The number of ether oxygens (including phenoxy) is 2. The molecule has 5 atom stereocenters. The molecule has 0 aliphatic heterocycles. The van der Waals surface area contributed by atoms with Crippen molar-refractivity contribution in [3.63, 3.8) is 0 Å². The molecule has 2 fully saturated rings. The van der Waals surface area contributed by atoms with E-state index in [1.807, 2.05) is 0 Å². The predicted octanol–water partition coefficient (Wildman–Crippen LogP) is 2.06. The predicted molar refractivity (Wildman–Crippen MR) is 56.0 cm³/mol. The molecule has 86 valence electrons. The summed E-state index contributed by atoms with van der Waals surface area (Å²) in [5.74, 6) is 2.82. The van der Waals surface area contributed by atoms with Crippen molar-refractivity contribution in [3.05, 3.63) is 0 Å². The van der Waals surface area contributed by atoms with Gasteiger partial charge < -0.3 is 9.47 Å². The van der Waals surface area contributed by atoms with Crippen LogP contribution in [0.2, 0.25) is 0 Å². The van der Waals surface area contributed by atoms with Gasteiger partial charge in [0.1, 0.15) is 0 Å². The summed E-state index contributed by atoms with van der Waals surface area (Å²) in [6, 6.07) is 0. The van der Waals surface area contributed by atoms with Crippen molar-refractivity contribution >= 4 is 5.97 Å². The van der Waals surface area contributed by atoms with Crippen LogP contribution in [0.1, 0.15) is 26.7 Å². The molecule has 2 aliphatic rings. The van der Waals surface area contributed by atoms with E-state index in [4.69, 9.17) is 9.47 Å². The van der Waals surface area contributed by atoms with Crippen LogP contribution in [-0.2, 0) is 14.3 Å². The highest BCUT2D eigenvalue weighted by molar-refractivity contribution is 5.73. The van der Waals surface area contributed by atoms with Gasteiger partial charge in [0.05, 0.1) is 5.92 Å². The summed E-state index contributed by atoms with van der Waals surface area (Å²) in [4.78, 5) is 11.7. The maximum atomic E-state index is 11.7. The van der Waals surface area contributed by atoms with Gasteiger partial charge in [-0.15, -0.1) is 0 Å². The standard InChI is InChI=1S/C12H20O3/c1-7-8(2)10-4-9(7)5-11(10)12(13)15-6-14-3/h7-11H,4-6H2,1-3H3. The first-order valence-corrected chi connectivity index (χ1v) is 5.80. The molecule has 5 unspecified atom stereocenters. The average molecular weight is 212 g/mol. The van der Waals surface area contributed by atoms with Crippen molar-refractivity contribution in [3.8, 4) is 0 Å². The molecule has 0 aromatic rings. The Bertz CT molecular complexity index is 249. The van der Waals surface area contributed by atoms with E-state index >= 15 is 0 Å². The average Bonchev–Trinajstić information content (AvgIpc) is 2.77. The number of fused-ring (bicyclic) bond motifs is 2. The number of rotatable bonds is 3. The van der Waals surface area contributed by atoms with Gasteiger partial charge in [-0.2, -0.15) is 0 Å². The minimum absolute atomic E-state index is 0.0527. The van der Waals surface area contributed by atoms with E-state index in [0.717, 1.165) is 18.3 Å². The molecule has 3 heteroatoms. The lowest BCUT2D eigenvalue weighted by atomic mass is 9.76. The smallest absolute Gasteiger partial charge is 0.311 e. The molecule has 0 aromatic heterocycles. The van der Waals surface area contributed by atoms with E-state index < -0.39 is 0 Å². The molecule has 0 heterocycles. The molecule has 2 bridgehead atoms. The van der Waals surface area contributed by atoms with Gasteiger partial charge in [0.2, 0.25) is 0 Å². The van der Waals surface area contributed by atoms with Crippen LogP contribution >= 0.6 is 0 Å². The highest BCUT2D eigenvalue weighted by atomic mass is 16.7. The molecule has 0 saturated heterocycles. The Balaban J connectivity index is 1.94. The molecule has 2 saturated carbocycles. The minimum Gasteiger partial charge on any atom is -0.438 e. The Kier molecular flexibility index (Phi) is 3.01.